The zero-order valence-electron chi connectivity index (χ0n) is 7.25. The first-order chi connectivity index (χ1) is 6.72. The van der Waals surface area contributed by atoms with Crippen LogP contribution in [0.15, 0.2) is 0 Å². The summed E-state index contributed by atoms with van der Waals surface area (Å²) in [4.78, 5) is 22.4. The molecule has 0 fully saturated rings. The summed E-state index contributed by atoms with van der Waals surface area (Å²) in [5.74, 6) is 0.769. The van der Waals surface area contributed by atoms with Gasteiger partial charge in [-0.1, -0.05) is 0 Å². The molecule has 1 amide bonds. The second kappa shape index (κ2) is 3.09. The van der Waals surface area contributed by atoms with Crippen molar-refractivity contribution < 1.29 is 14.7 Å². The summed E-state index contributed by atoms with van der Waals surface area (Å²) in [6.45, 7) is 0.986. The third-order valence-electron chi connectivity index (χ3n) is 2.16. The highest BCUT2D eigenvalue weighted by atomic mass is 16.4. The van der Waals surface area contributed by atoms with Crippen molar-refractivity contribution in [3.05, 3.63) is 11.6 Å². The van der Waals surface area contributed by atoms with Crippen LogP contribution in [-0.2, 0) is 13.1 Å². The molecule has 0 spiro atoms. The molecule has 1 aromatic rings. The van der Waals surface area contributed by atoms with Gasteiger partial charge in [0.15, 0.2) is 17.9 Å². The maximum Gasteiger partial charge on any atom is 0.407 e. The molecule has 0 unspecified atom stereocenters. The fourth-order valence-electron chi connectivity index (χ4n) is 1.43. The largest absolute Gasteiger partial charge is 0.465 e. The van der Waals surface area contributed by atoms with Crippen LogP contribution in [0.3, 0.4) is 0 Å². The van der Waals surface area contributed by atoms with Crippen LogP contribution in [0.5, 0.6) is 0 Å². The van der Waals surface area contributed by atoms with Gasteiger partial charge < -0.3 is 9.67 Å². The summed E-state index contributed by atoms with van der Waals surface area (Å²) in [7, 11) is 0. The lowest BCUT2D eigenvalue weighted by Crippen LogP contribution is -2.37. The van der Waals surface area contributed by atoms with Gasteiger partial charge >= 0.3 is 6.09 Å². The van der Waals surface area contributed by atoms with Crippen molar-refractivity contribution in [1.82, 2.24) is 19.7 Å². The Kier molecular flexibility index (Phi) is 1.91. The monoisotopic (exact) mass is 196 g/mol. The van der Waals surface area contributed by atoms with Crippen LogP contribution < -0.4 is 0 Å². The molecule has 2 rings (SSSR count). The summed E-state index contributed by atoms with van der Waals surface area (Å²) in [6, 6.07) is 0. The zero-order chi connectivity index (χ0) is 10.1. The number of hydrogen-bond donors (Lipinski definition) is 1. The first kappa shape index (κ1) is 8.67. The minimum atomic E-state index is -0.980. The van der Waals surface area contributed by atoms with Gasteiger partial charge in [0.2, 0.25) is 0 Å². The average molecular weight is 196 g/mol. The van der Waals surface area contributed by atoms with E-state index in [1.165, 1.54) is 4.90 Å². The van der Waals surface area contributed by atoms with Gasteiger partial charge in [0, 0.05) is 13.1 Å². The van der Waals surface area contributed by atoms with E-state index in [1.807, 2.05) is 0 Å². The molecule has 1 aromatic heterocycles. The third-order valence-corrected chi connectivity index (χ3v) is 2.16. The molecule has 0 saturated heterocycles. The highest BCUT2D eigenvalue weighted by Gasteiger charge is 2.23. The molecule has 1 N–H and O–H groups in total. The topological polar surface area (TPSA) is 88.3 Å². The first-order valence-electron chi connectivity index (χ1n) is 4.07. The third kappa shape index (κ3) is 1.22. The van der Waals surface area contributed by atoms with Gasteiger partial charge in [-0.3, -0.25) is 9.69 Å². The molecule has 0 saturated carbocycles. The van der Waals surface area contributed by atoms with Gasteiger partial charge in [-0.15, -0.1) is 10.2 Å². The second-order valence-electron chi connectivity index (χ2n) is 2.95. The van der Waals surface area contributed by atoms with Crippen molar-refractivity contribution in [2.75, 3.05) is 6.54 Å². The van der Waals surface area contributed by atoms with E-state index in [2.05, 4.69) is 10.2 Å². The number of carboxylic acid groups (broad SMARTS) is 1. The quantitative estimate of drug-likeness (QED) is 0.616. The normalized spacial score (nSPS) is 15.0. The summed E-state index contributed by atoms with van der Waals surface area (Å²) in [5.41, 5.74) is 0. The molecule has 0 aromatic carbocycles. The number of hydrogen-bond acceptors (Lipinski definition) is 4. The Hall–Kier alpha value is -1.92. The van der Waals surface area contributed by atoms with Crippen molar-refractivity contribution >= 4 is 12.4 Å². The van der Waals surface area contributed by atoms with Crippen LogP contribution in [0.2, 0.25) is 0 Å². The van der Waals surface area contributed by atoms with Crippen molar-refractivity contribution in [3.63, 3.8) is 0 Å². The van der Waals surface area contributed by atoms with Crippen LogP contribution in [0.25, 0.3) is 0 Å². The smallest absolute Gasteiger partial charge is 0.407 e. The van der Waals surface area contributed by atoms with Gasteiger partial charge in [-0.2, -0.15) is 0 Å². The highest BCUT2D eigenvalue weighted by molar-refractivity contribution is 5.69. The predicted molar refractivity (Wildman–Crippen MR) is 43.8 cm³/mol. The molecule has 1 aliphatic rings. The van der Waals surface area contributed by atoms with Crippen LogP contribution >= 0.6 is 0 Å². The van der Waals surface area contributed by atoms with Gasteiger partial charge in [0.05, 0.1) is 6.54 Å². The van der Waals surface area contributed by atoms with Gasteiger partial charge in [0.25, 0.3) is 0 Å². The zero-order valence-corrected chi connectivity index (χ0v) is 7.25. The Morgan fingerprint density at radius 2 is 2.21 bits per heavy atom. The van der Waals surface area contributed by atoms with Crippen molar-refractivity contribution in [3.8, 4) is 0 Å². The Bertz CT molecular complexity index is 386. The SMILES string of the molecule is O=Cc1nnc2n1CCN(C(=O)O)C2. The van der Waals surface area contributed by atoms with E-state index in [-0.39, 0.29) is 12.4 Å². The fraction of sp³-hybridized carbons (Fsp3) is 0.429. The second-order valence-corrected chi connectivity index (χ2v) is 2.95. The van der Waals surface area contributed by atoms with E-state index < -0.39 is 6.09 Å². The van der Waals surface area contributed by atoms with Gasteiger partial charge in [-0.25, -0.2) is 4.79 Å². The molecule has 14 heavy (non-hydrogen) atoms. The Balaban J connectivity index is 2.28. The van der Waals surface area contributed by atoms with Crippen molar-refractivity contribution in [2.45, 2.75) is 13.1 Å². The summed E-state index contributed by atoms with van der Waals surface area (Å²) in [6.07, 6.45) is -0.362. The maximum absolute atomic E-state index is 10.6. The number of aromatic nitrogens is 3. The molecule has 0 bridgehead atoms. The van der Waals surface area contributed by atoms with E-state index >= 15 is 0 Å². The molecule has 0 aliphatic carbocycles. The molecule has 0 atom stereocenters. The Morgan fingerprint density at radius 3 is 2.86 bits per heavy atom. The van der Waals surface area contributed by atoms with E-state index in [0.29, 0.717) is 25.2 Å². The van der Waals surface area contributed by atoms with E-state index in [1.54, 1.807) is 4.57 Å². The van der Waals surface area contributed by atoms with Crippen molar-refractivity contribution in [1.29, 1.82) is 0 Å². The predicted octanol–water partition coefficient (Wildman–Crippen LogP) is -0.416. The number of fused-ring (bicyclic) bond motifs is 1. The van der Waals surface area contributed by atoms with Crippen LogP contribution in [0.4, 0.5) is 4.79 Å². The molecule has 0 radical (unpaired) electrons. The Morgan fingerprint density at radius 1 is 1.43 bits per heavy atom. The first-order valence-corrected chi connectivity index (χ1v) is 4.07. The number of carbonyl (C=O) groups excluding carboxylic acids is 1. The summed E-state index contributed by atoms with van der Waals surface area (Å²) < 4.78 is 1.63. The van der Waals surface area contributed by atoms with Crippen LogP contribution in [0, 0.1) is 0 Å². The van der Waals surface area contributed by atoms with Crippen LogP contribution in [-0.4, -0.2) is 43.7 Å². The number of aldehydes is 1. The van der Waals surface area contributed by atoms with Gasteiger partial charge in [0.1, 0.15) is 0 Å². The van der Waals surface area contributed by atoms with Crippen LogP contribution in [0.1, 0.15) is 16.4 Å². The maximum atomic E-state index is 10.6. The molecule has 7 heteroatoms. The summed E-state index contributed by atoms with van der Waals surface area (Å²) >= 11 is 0. The lowest BCUT2D eigenvalue weighted by Gasteiger charge is -2.24. The fourth-order valence-corrected chi connectivity index (χ4v) is 1.43. The molecular formula is C7H8N4O3. The minimum Gasteiger partial charge on any atom is -0.465 e. The molecule has 1 aliphatic heterocycles. The Labute approximate surface area is 79.0 Å². The number of nitrogens with zero attached hydrogens (tertiary/aromatic N) is 4. The summed E-state index contributed by atoms with van der Waals surface area (Å²) in [5, 5.41) is 16.1. The number of amides is 1. The standard InChI is InChI=1S/C7H8N4O3/c12-4-6-9-8-5-3-10(7(13)14)1-2-11(5)6/h4H,1-3H2,(H,13,14). The lowest BCUT2D eigenvalue weighted by atomic mass is 10.3. The van der Waals surface area contributed by atoms with E-state index in [4.69, 9.17) is 5.11 Å². The van der Waals surface area contributed by atoms with E-state index in [0.717, 1.165) is 0 Å². The molecule has 74 valence electrons. The van der Waals surface area contributed by atoms with Crippen molar-refractivity contribution in [2.24, 2.45) is 0 Å². The lowest BCUT2D eigenvalue weighted by molar-refractivity contribution is 0.110. The molecule has 2 heterocycles. The van der Waals surface area contributed by atoms with E-state index in [9.17, 15) is 9.59 Å². The average Bonchev–Trinajstić information content (AvgIpc) is 2.59. The number of carbonyl (C=O) groups is 2. The minimum absolute atomic E-state index is 0.191. The molecule has 7 nitrogen and oxygen atoms in total. The molecular weight excluding hydrogens is 188 g/mol. The number of rotatable bonds is 1. The highest BCUT2D eigenvalue weighted by Crippen LogP contribution is 2.10. The van der Waals surface area contributed by atoms with Gasteiger partial charge in [-0.05, 0) is 0 Å².